The smallest absolute Gasteiger partial charge is 0.256 e. The summed E-state index contributed by atoms with van der Waals surface area (Å²) in [7, 11) is 0. The van der Waals surface area contributed by atoms with Gasteiger partial charge in [-0.25, -0.2) is 26.3 Å². The molecule has 4 rings (SSSR count). The fourth-order valence-corrected chi connectivity index (χ4v) is 3.18. The molecule has 35 heavy (non-hydrogen) atoms. The summed E-state index contributed by atoms with van der Waals surface area (Å²) in [4.78, 5) is 12.6. The third kappa shape index (κ3) is 5.45. The maximum absolute atomic E-state index is 13.9. The molecule has 0 aliphatic carbocycles. The topological polar surface area (TPSA) is 56.2 Å². The Morgan fingerprint density at radius 3 is 2.34 bits per heavy atom. The predicted molar refractivity (Wildman–Crippen MR) is 113 cm³/mol. The minimum Gasteiger partial charge on any atom is -0.486 e. The van der Waals surface area contributed by atoms with Crippen LogP contribution in [0.25, 0.3) is 0 Å². The average Bonchev–Trinajstić information content (AvgIpc) is 3.27. The Hall–Kier alpha value is -4.28. The number of carbonyl (C=O) groups is 1. The van der Waals surface area contributed by atoms with Crippen LogP contribution in [0.4, 0.5) is 32.2 Å². The molecule has 0 spiro atoms. The normalized spacial score (nSPS) is 10.9. The van der Waals surface area contributed by atoms with Crippen molar-refractivity contribution in [2.45, 2.75) is 13.2 Å². The molecule has 0 saturated carbocycles. The summed E-state index contributed by atoms with van der Waals surface area (Å²) < 4.78 is 87.6. The highest BCUT2D eigenvalue weighted by molar-refractivity contribution is 6.03. The zero-order valence-corrected chi connectivity index (χ0v) is 17.7. The number of halogens is 6. The van der Waals surface area contributed by atoms with E-state index in [4.69, 9.17) is 4.74 Å². The molecule has 0 unspecified atom stereocenters. The number of rotatable bonds is 7. The zero-order chi connectivity index (χ0) is 25.1. The molecule has 11 heteroatoms. The zero-order valence-electron chi connectivity index (χ0n) is 17.7. The fraction of sp³-hybridized carbons (Fsp3) is 0.0833. The monoisotopic (exact) mass is 491 g/mol. The SMILES string of the molecule is O=C(Nc1ccn(Cc2c(F)c(F)cc(F)c2F)n1)c1cccc(COc2ccc(F)cc2F)c1. The summed E-state index contributed by atoms with van der Waals surface area (Å²) in [6, 6.07) is 10.5. The molecule has 0 atom stereocenters. The van der Waals surface area contributed by atoms with Gasteiger partial charge in [-0.1, -0.05) is 12.1 Å². The summed E-state index contributed by atoms with van der Waals surface area (Å²) in [5, 5.41) is 6.42. The predicted octanol–water partition coefficient (Wildman–Crippen LogP) is 5.60. The molecule has 1 heterocycles. The maximum Gasteiger partial charge on any atom is 0.256 e. The number of aromatic nitrogens is 2. The molecular weight excluding hydrogens is 476 g/mol. The minimum atomic E-state index is -1.54. The van der Waals surface area contributed by atoms with Crippen molar-refractivity contribution in [3.05, 3.63) is 112 Å². The average molecular weight is 491 g/mol. The molecule has 180 valence electrons. The molecular formula is C24H15F6N3O2. The number of anilines is 1. The minimum absolute atomic E-state index is 0.0164. The molecule has 0 aliphatic heterocycles. The van der Waals surface area contributed by atoms with E-state index in [1.54, 1.807) is 12.1 Å². The molecule has 0 fully saturated rings. The third-order valence-corrected chi connectivity index (χ3v) is 4.88. The Balaban J connectivity index is 1.42. The van der Waals surface area contributed by atoms with Crippen LogP contribution < -0.4 is 10.1 Å². The van der Waals surface area contributed by atoms with Crippen LogP contribution in [-0.4, -0.2) is 15.7 Å². The van der Waals surface area contributed by atoms with Crippen molar-refractivity contribution in [3.63, 3.8) is 0 Å². The second-order valence-electron chi connectivity index (χ2n) is 7.36. The van der Waals surface area contributed by atoms with E-state index in [0.29, 0.717) is 11.6 Å². The summed E-state index contributed by atoms with van der Waals surface area (Å²) >= 11 is 0. The van der Waals surface area contributed by atoms with Crippen molar-refractivity contribution >= 4 is 11.7 Å². The second kappa shape index (κ2) is 9.92. The first-order chi connectivity index (χ1) is 16.7. The van der Waals surface area contributed by atoms with Crippen LogP contribution >= 0.6 is 0 Å². The summed E-state index contributed by atoms with van der Waals surface area (Å²) in [6.45, 7) is -0.714. The summed E-state index contributed by atoms with van der Waals surface area (Å²) in [5.41, 5.74) is -0.135. The van der Waals surface area contributed by atoms with Crippen molar-refractivity contribution in [2.24, 2.45) is 0 Å². The van der Waals surface area contributed by atoms with E-state index in [2.05, 4.69) is 10.4 Å². The van der Waals surface area contributed by atoms with Crippen LogP contribution in [0, 0.1) is 34.9 Å². The van der Waals surface area contributed by atoms with Crippen molar-refractivity contribution in [3.8, 4) is 5.75 Å². The Morgan fingerprint density at radius 1 is 0.886 bits per heavy atom. The highest BCUT2D eigenvalue weighted by atomic mass is 19.2. The van der Waals surface area contributed by atoms with E-state index >= 15 is 0 Å². The van der Waals surface area contributed by atoms with Crippen LogP contribution in [0.5, 0.6) is 5.75 Å². The van der Waals surface area contributed by atoms with E-state index in [0.717, 1.165) is 16.8 Å². The highest BCUT2D eigenvalue weighted by Crippen LogP contribution is 2.21. The van der Waals surface area contributed by atoms with Gasteiger partial charge in [-0.3, -0.25) is 9.48 Å². The van der Waals surface area contributed by atoms with Crippen molar-refractivity contribution in [1.29, 1.82) is 0 Å². The van der Waals surface area contributed by atoms with E-state index in [9.17, 15) is 31.1 Å². The molecule has 3 aromatic carbocycles. The van der Waals surface area contributed by atoms with Gasteiger partial charge in [-0.15, -0.1) is 0 Å². The number of ether oxygens (including phenoxy) is 1. The van der Waals surface area contributed by atoms with Gasteiger partial charge < -0.3 is 10.1 Å². The van der Waals surface area contributed by atoms with Gasteiger partial charge in [-0.2, -0.15) is 5.10 Å². The van der Waals surface area contributed by atoms with E-state index < -0.39 is 52.9 Å². The highest BCUT2D eigenvalue weighted by Gasteiger charge is 2.20. The van der Waals surface area contributed by atoms with Crippen LogP contribution in [-0.2, 0) is 13.2 Å². The molecule has 1 N–H and O–H groups in total. The second-order valence-corrected chi connectivity index (χ2v) is 7.36. The van der Waals surface area contributed by atoms with Gasteiger partial charge in [0.2, 0.25) is 0 Å². The van der Waals surface area contributed by atoms with Crippen molar-refractivity contribution < 1.29 is 35.9 Å². The molecule has 0 saturated heterocycles. The Kier molecular flexibility index (Phi) is 6.76. The Labute approximate surface area is 194 Å². The van der Waals surface area contributed by atoms with Crippen LogP contribution in [0.1, 0.15) is 21.5 Å². The largest absolute Gasteiger partial charge is 0.486 e. The molecule has 1 amide bonds. The number of hydrogen-bond acceptors (Lipinski definition) is 3. The number of nitrogens with one attached hydrogen (secondary N) is 1. The quantitative estimate of drug-likeness (QED) is 0.271. The first-order valence-corrected chi connectivity index (χ1v) is 10.0. The van der Waals surface area contributed by atoms with Gasteiger partial charge in [-0.05, 0) is 29.8 Å². The standard InChI is InChI=1S/C24H15F6N3O2/c25-15-4-5-20(17(26)9-15)35-12-13-2-1-3-14(8-13)24(34)31-21-6-7-33(32-21)11-16-22(29)18(27)10-19(28)23(16)30/h1-10H,11-12H2,(H,31,32,34). The van der Waals surface area contributed by atoms with Crippen molar-refractivity contribution in [2.75, 3.05) is 5.32 Å². The van der Waals surface area contributed by atoms with E-state index in [1.807, 2.05) is 0 Å². The van der Waals surface area contributed by atoms with Crippen LogP contribution in [0.2, 0.25) is 0 Å². The molecule has 1 aromatic heterocycles. The number of nitrogens with zero attached hydrogens (tertiary/aromatic N) is 2. The Bertz CT molecular complexity index is 1380. The molecule has 5 nitrogen and oxygen atoms in total. The summed E-state index contributed by atoms with van der Waals surface area (Å²) in [6.07, 6.45) is 1.26. The van der Waals surface area contributed by atoms with Crippen LogP contribution in [0.15, 0.2) is 60.8 Å². The Morgan fingerprint density at radius 2 is 1.63 bits per heavy atom. The van der Waals surface area contributed by atoms with Gasteiger partial charge in [0.05, 0.1) is 12.1 Å². The fourth-order valence-electron chi connectivity index (χ4n) is 3.18. The number of hydrogen-bond donors (Lipinski definition) is 1. The third-order valence-electron chi connectivity index (χ3n) is 4.88. The number of benzene rings is 3. The van der Waals surface area contributed by atoms with Gasteiger partial charge >= 0.3 is 0 Å². The first-order valence-electron chi connectivity index (χ1n) is 10.0. The van der Waals surface area contributed by atoms with Gasteiger partial charge in [0.15, 0.2) is 40.7 Å². The molecule has 0 radical (unpaired) electrons. The van der Waals surface area contributed by atoms with Gasteiger partial charge in [0.1, 0.15) is 12.4 Å². The van der Waals surface area contributed by atoms with E-state index in [1.165, 1.54) is 24.4 Å². The van der Waals surface area contributed by atoms with Crippen molar-refractivity contribution in [1.82, 2.24) is 9.78 Å². The lowest BCUT2D eigenvalue weighted by atomic mass is 10.1. The van der Waals surface area contributed by atoms with Gasteiger partial charge in [0, 0.05) is 30.0 Å². The molecule has 0 aliphatic rings. The lowest BCUT2D eigenvalue weighted by Gasteiger charge is -2.09. The lowest BCUT2D eigenvalue weighted by molar-refractivity contribution is 0.102. The lowest BCUT2D eigenvalue weighted by Crippen LogP contribution is -2.14. The van der Waals surface area contributed by atoms with Gasteiger partial charge in [0.25, 0.3) is 5.91 Å². The molecule has 4 aromatic rings. The van der Waals surface area contributed by atoms with E-state index in [-0.39, 0.29) is 29.8 Å². The number of amides is 1. The maximum atomic E-state index is 13.9. The van der Waals surface area contributed by atoms with Crippen LogP contribution in [0.3, 0.4) is 0 Å². The number of carbonyl (C=O) groups excluding carboxylic acids is 1. The molecule has 0 bridgehead atoms. The first kappa shape index (κ1) is 23.9. The summed E-state index contributed by atoms with van der Waals surface area (Å²) in [5.74, 6) is -8.48.